The van der Waals surface area contributed by atoms with Crippen LogP contribution < -0.4 is 0 Å². The first-order chi connectivity index (χ1) is 3.71. The van der Waals surface area contributed by atoms with Crippen LogP contribution in [0.25, 0.3) is 0 Å². The molecule has 0 atom stereocenters. The lowest BCUT2D eigenvalue weighted by Gasteiger charge is -2.07. The van der Waals surface area contributed by atoms with Crippen LogP contribution in [0.4, 0.5) is 17.2 Å². The summed E-state index contributed by atoms with van der Waals surface area (Å²) in [5.41, 5.74) is 0. The molecule has 0 saturated heterocycles. The Balaban J connectivity index is 3.90. The molecule has 7 heteroatoms. The van der Waals surface area contributed by atoms with Crippen molar-refractivity contribution >= 4 is 7.99 Å². The average Bonchev–Trinajstić information content (AvgIpc) is 1.14. The first kappa shape index (κ1) is 8.91. The van der Waals surface area contributed by atoms with E-state index in [1.165, 1.54) is 0 Å². The predicted molar refractivity (Wildman–Crippen MR) is 21.5 cm³/mol. The molecular weight excluding hydrogens is 163 g/mol. The molecular formula is C2H3F4O2P. The molecule has 0 aromatic heterocycles. The fourth-order valence-corrected chi connectivity index (χ4v) is 0.560. The van der Waals surface area contributed by atoms with Crippen LogP contribution in [0.1, 0.15) is 6.92 Å². The van der Waals surface area contributed by atoms with Gasteiger partial charge in [-0.2, -0.15) is 8.78 Å². The van der Waals surface area contributed by atoms with Gasteiger partial charge in [-0.1, -0.05) is 0 Å². The third-order valence-corrected chi connectivity index (χ3v) is 0.800. The molecule has 0 aromatic rings. The Kier molecular flexibility index (Phi) is 2.24. The zero-order chi connectivity index (χ0) is 7.71. The molecule has 0 radical (unpaired) electrons. The number of rotatable bonds is 2. The Morgan fingerprint density at radius 2 is 1.78 bits per heavy atom. The highest BCUT2D eigenvalue weighted by Crippen LogP contribution is 2.54. The Labute approximate surface area is 48.5 Å². The van der Waals surface area contributed by atoms with E-state index in [1.807, 2.05) is 0 Å². The van der Waals surface area contributed by atoms with Crippen LogP contribution >= 0.6 is 7.99 Å². The van der Waals surface area contributed by atoms with Gasteiger partial charge in [0.2, 0.25) is 0 Å². The summed E-state index contributed by atoms with van der Waals surface area (Å²) < 4.78 is 56.5. The maximum absolute atomic E-state index is 11.3. The van der Waals surface area contributed by atoms with Gasteiger partial charge in [0.15, 0.2) is 0 Å². The second kappa shape index (κ2) is 2.27. The highest BCUT2D eigenvalue weighted by molar-refractivity contribution is 7.47. The highest BCUT2D eigenvalue weighted by Gasteiger charge is 2.35. The number of hydrogen-bond acceptors (Lipinski definition) is 2. The molecule has 0 heterocycles. The normalized spacial score (nSPS) is 13.9. The Morgan fingerprint density at radius 3 is 1.78 bits per heavy atom. The second-order valence-corrected chi connectivity index (χ2v) is 2.33. The molecule has 0 fully saturated rings. The van der Waals surface area contributed by atoms with Gasteiger partial charge in [-0.15, -0.1) is 8.39 Å². The molecule has 0 aliphatic carbocycles. The van der Waals surface area contributed by atoms with Gasteiger partial charge in [0.25, 0.3) is 0 Å². The lowest BCUT2D eigenvalue weighted by atomic mass is 10.8. The smallest absolute Gasteiger partial charge is 0.218 e. The molecule has 0 bridgehead atoms. The van der Waals surface area contributed by atoms with Crippen molar-refractivity contribution < 1.29 is 26.3 Å². The third kappa shape index (κ3) is 7.91. The van der Waals surface area contributed by atoms with E-state index in [4.69, 9.17) is 0 Å². The Morgan fingerprint density at radius 1 is 1.44 bits per heavy atom. The fourth-order valence-electron chi connectivity index (χ4n) is 0.187. The van der Waals surface area contributed by atoms with Crippen LogP contribution in [0, 0.1) is 0 Å². The van der Waals surface area contributed by atoms with Gasteiger partial charge in [0, 0.05) is 6.92 Å². The van der Waals surface area contributed by atoms with Crippen molar-refractivity contribution in [1.29, 1.82) is 0 Å². The number of halogens is 4. The summed E-state index contributed by atoms with van der Waals surface area (Å²) in [5, 5.41) is 0. The molecule has 9 heavy (non-hydrogen) atoms. The van der Waals surface area contributed by atoms with Gasteiger partial charge in [-0.3, -0.25) is 0 Å². The SMILES string of the molecule is CC(F)(F)OP(=O)(F)F. The Hall–Kier alpha value is -0.0900. The van der Waals surface area contributed by atoms with Crippen molar-refractivity contribution in [1.82, 2.24) is 0 Å². The van der Waals surface area contributed by atoms with E-state index in [-0.39, 0.29) is 6.92 Å². The van der Waals surface area contributed by atoms with E-state index >= 15 is 0 Å². The predicted octanol–water partition coefficient (Wildman–Crippen LogP) is 2.66. The van der Waals surface area contributed by atoms with Crippen molar-refractivity contribution in [2.45, 2.75) is 13.0 Å². The molecule has 0 aliphatic rings. The quantitative estimate of drug-likeness (QED) is 0.465. The molecule has 0 N–H and O–H groups in total. The van der Waals surface area contributed by atoms with Crippen molar-refractivity contribution in [2.24, 2.45) is 0 Å². The van der Waals surface area contributed by atoms with E-state index in [0.717, 1.165) is 0 Å². The zero-order valence-electron chi connectivity index (χ0n) is 4.28. The fraction of sp³-hybridized carbons (Fsp3) is 1.00. The number of hydrogen-bond donors (Lipinski definition) is 0. The van der Waals surface area contributed by atoms with Crippen molar-refractivity contribution in [2.75, 3.05) is 0 Å². The van der Waals surface area contributed by atoms with E-state index < -0.39 is 14.1 Å². The van der Waals surface area contributed by atoms with Gasteiger partial charge in [-0.25, -0.2) is 9.09 Å². The summed E-state index contributed by atoms with van der Waals surface area (Å²) in [6.07, 6.45) is -4.03. The number of alkyl halides is 2. The van der Waals surface area contributed by atoms with Crippen LogP contribution in [0.15, 0.2) is 0 Å². The van der Waals surface area contributed by atoms with Gasteiger partial charge < -0.3 is 0 Å². The van der Waals surface area contributed by atoms with Crippen molar-refractivity contribution in [3.63, 3.8) is 0 Å². The molecule has 0 aromatic carbocycles. The van der Waals surface area contributed by atoms with Crippen LogP contribution in [-0.4, -0.2) is 6.11 Å². The lowest BCUT2D eigenvalue weighted by Crippen LogP contribution is -2.10. The summed E-state index contributed by atoms with van der Waals surface area (Å²) in [5.74, 6) is 0. The first-order valence-electron chi connectivity index (χ1n) is 1.79. The van der Waals surface area contributed by atoms with Crippen LogP contribution in [0.3, 0.4) is 0 Å². The van der Waals surface area contributed by atoms with E-state index in [9.17, 15) is 21.7 Å². The average molecular weight is 166 g/mol. The lowest BCUT2D eigenvalue weighted by molar-refractivity contribution is -0.164. The standard InChI is InChI=1S/C2H3F4O2P/c1-2(3,4)8-9(5,6)7/h1H3. The summed E-state index contributed by atoms with van der Waals surface area (Å²) in [4.78, 5) is 0. The minimum atomic E-state index is -6.04. The molecule has 0 spiro atoms. The van der Waals surface area contributed by atoms with E-state index in [1.54, 1.807) is 0 Å². The van der Waals surface area contributed by atoms with Gasteiger partial charge in [0.1, 0.15) is 0 Å². The third-order valence-electron chi connectivity index (χ3n) is 0.267. The Bertz CT molecular complexity index is 134. The molecule has 0 saturated carbocycles. The van der Waals surface area contributed by atoms with Gasteiger partial charge in [-0.05, 0) is 0 Å². The van der Waals surface area contributed by atoms with E-state index in [2.05, 4.69) is 4.52 Å². The minimum absolute atomic E-state index is 0.0822. The van der Waals surface area contributed by atoms with Gasteiger partial charge >= 0.3 is 14.1 Å². The van der Waals surface area contributed by atoms with Crippen molar-refractivity contribution in [3.05, 3.63) is 0 Å². The summed E-state index contributed by atoms with van der Waals surface area (Å²) in [6, 6.07) is 0. The molecule has 0 amide bonds. The highest BCUT2D eigenvalue weighted by atomic mass is 31.2. The molecule has 0 aliphatic heterocycles. The van der Waals surface area contributed by atoms with Gasteiger partial charge in [0.05, 0.1) is 0 Å². The maximum Gasteiger partial charge on any atom is 0.556 e. The molecule has 0 rings (SSSR count). The van der Waals surface area contributed by atoms with Crippen LogP contribution in [-0.2, 0) is 9.09 Å². The largest absolute Gasteiger partial charge is 0.556 e. The minimum Gasteiger partial charge on any atom is -0.218 e. The summed E-state index contributed by atoms with van der Waals surface area (Å²) in [7, 11) is -6.04. The van der Waals surface area contributed by atoms with E-state index in [0.29, 0.717) is 0 Å². The summed E-state index contributed by atoms with van der Waals surface area (Å²) in [6.45, 7) is 0.0822. The monoisotopic (exact) mass is 166 g/mol. The second-order valence-electron chi connectivity index (χ2n) is 1.31. The van der Waals surface area contributed by atoms with Crippen LogP contribution in [0.2, 0.25) is 0 Å². The maximum atomic E-state index is 11.3. The molecule has 56 valence electrons. The molecule has 2 nitrogen and oxygen atoms in total. The first-order valence-corrected chi connectivity index (χ1v) is 3.19. The zero-order valence-corrected chi connectivity index (χ0v) is 5.17. The summed E-state index contributed by atoms with van der Waals surface area (Å²) >= 11 is 0. The topological polar surface area (TPSA) is 26.3 Å². The van der Waals surface area contributed by atoms with Crippen LogP contribution in [0.5, 0.6) is 0 Å². The van der Waals surface area contributed by atoms with Crippen molar-refractivity contribution in [3.8, 4) is 0 Å². The molecule has 0 unspecified atom stereocenters.